The smallest absolute Gasteiger partial charge is 0.433 e. The van der Waals surface area contributed by atoms with Crippen LogP contribution in [0.2, 0.25) is 0 Å². The Kier molecular flexibility index (Phi) is 7.50. The zero-order valence-corrected chi connectivity index (χ0v) is 24.2. The van der Waals surface area contributed by atoms with Gasteiger partial charge in [-0.3, -0.25) is 5.32 Å². The number of nitrogens with zero attached hydrogens (tertiary/aromatic N) is 5. The van der Waals surface area contributed by atoms with Gasteiger partial charge in [0.25, 0.3) is 0 Å². The minimum atomic E-state index is -4.64. The number of hydrogen-bond donors (Lipinski definition) is 1. The van der Waals surface area contributed by atoms with Gasteiger partial charge in [0.15, 0.2) is 11.2 Å². The van der Waals surface area contributed by atoms with Crippen LogP contribution in [0.25, 0.3) is 18.1 Å². The number of nitrogens with one attached hydrogen (secondary N) is 1. The monoisotopic (exact) mass is 624 g/mol. The first-order valence-corrected chi connectivity index (χ1v) is 14.4. The first-order chi connectivity index (χ1) is 20.0. The van der Waals surface area contributed by atoms with E-state index < -0.39 is 39.3 Å². The van der Waals surface area contributed by atoms with Crippen LogP contribution in [0.1, 0.15) is 32.2 Å². The summed E-state index contributed by atoms with van der Waals surface area (Å²) in [6.07, 6.45) is -3.07. The number of piperazine rings is 1. The number of anilines is 1. The van der Waals surface area contributed by atoms with Crippen molar-refractivity contribution in [3.05, 3.63) is 57.0 Å². The maximum atomic E-state index is 13.4. The van der Waals surface area contributed by atoms with Gasteiger partial charge in [-0.15, -0.1) is 0 Å². The van der Waals surface area contributed by atoms with Crippen LogP contribution >= 0.6 is 0 Å². The Balaban J connectivity index is 1.34. The molecule has 43 heavy (non-hydrogen) atoms. The fourth-order valence-electron chi connectivity index (χ4n) is 4.45. The second kappa shape index (κ2) is 10.7. The number of alkyl halides is 3. The van der Waals surface area contributed by atoms with Crippen LogP contribution in [-0.4, -0.2) is 65.1 Å². The standard InChI is InChI=1S/C26H27F3N6O7S/c1-15-11-21(26(27,28)29)32-22(31-15)33-7-9-34(10-8-33)43(38,39)16-5-6-17-19(12-16)40-14-18-20(41-24(37)35(17)18)13-30-23(36)42-25(2,3)4/h5-6,11-14H,7-10H2,1-4H3,(H,30,36)/b20-13+. The molecule has 13 nitrogen and oxygen atoms in total. The van der Waals surface area contributed by atoms with Crippen molar-refractivity contribution < 1.29 is 40.3 Å². The van der Waals surface area contributed by atoms with Crippen molar-refractivity contribution in [3.8, 4) is 11.4 Å². The number of benzene rings is 1. The van der Waals surface area contributed by atoms with Gasteiger partial charge >= 0.3 is 18.0 Å². The van der Waals surface area contributed by atoms with Crippen molar-refractivity contribution in [2.75, 3.05) is 31.1 Å². The summed E-state index contributed by atoms with van der Waals surface area (Å²) in [7, 11) is -4.04. The van der Waals surface area contributed by atoms with E-state index in [1.165, 1.54) is 40.6 Å². The molecule has 0 atom stereocenters. The summed E-state index contributed by atoms with van der Waals surface area (Å²) in [4.78, 5) is 33.7. The summed E-state index contributed by atoms with van der Waals surface area (Å²) in [5.74, 6) is -0.859. The number of amides is 1. The second-order valence-corrected chi connectivity index (χ2v) is 12.6. The quantitative estimate of drug-likeness (QED) is 0.452. The first kappa shape index (κ1) is 30.1. The van der Waals surface area contributed by atoms with E-state index >= 15 is 0 Å². The summed E-state index contributed by atoms with van der Waals surface area (Å²) in [5.41, 5.74) is -1.47. The molecule has 4 heterocycles. The van der Waals surface area contributed by atoms with Crippen LogP contribution < -0.4 is 31.5 Å². The molecule has 3 aromatic rings. The second-order valence-electron chi connectivity index (χ2n) is 10.7. The van der Waals surface area contributed by atoms with Gasteiger partial charge in [-0.2, -0.15) is 17.5 Å². The summed E-state index contributed by atoms with van der Waals surface area (Å²) < 4.78 is 84.9. The Morgan fingerprint density at radius 3 is 2.44 bits per heavy atom. The molecule has 0 aliphatic carbocycles. The van der Waals surface area contributed by atoms with Gasteiger partial charge in [-0.05, 0) is 45.9 Å². The summed E-state index contributed by atoms with van der Waals surface area (Å²) in [6, 6.07) is 4.80. The molecule has 1 aromatic carbocycles. The average molecular weight is 625 g/mol. The fraction of sp³-hybridized carbons (Fsp3) is 0.385. The maximum absolute atomic E-state index is 13.4. The molecular formula is C26H27F3N6O7S. The Bertz CT molecular complexity index is 1870. The van der Waals surface area contributed by atoms with Gasteiger partial charge in [-0.25, -0.2) is 32.5 Å². The minimum Gasteiger partial charge on any atom is -0.460 e. The van der Waals surface area contributed by atoms with Crippen molar-refractivity contribution in [1.29, 1.82) is 0 Å². The van der Waals surface area contributed by atoms with E-state index in [2.05, 4.69) is 15.3 Å². The highest BCUT2D eigenvalue weighted by atomic mass is 32.2. The van der Waals surface area contributed by atoms with Crippen LogP contribution in [0.4, 0.5) is 23.9 Å². The van der Waals surface area contributed by atoms with Crippen molar-refractivity contribution in [2.24, 2.45) is 0 Å². The number of ether oxygens (including phenoxy) is 2. The Morgan fingerprint density at radius 1 is 1.09 bits per heavy atom. The minimum absolute atomic E-state index is 0.0176. The van der Waals surface area contributed by atoms with Gasteiger partial charge in [-0.1, -0.05) is 0 Å². The number of alkyl carbamates (subject to hydrolysis) is 1. The molecule has 1 fully saturated rings. The highest BCUT2D eigenvalue weighted by molar-refractivity contribution is 7.89. The Labute approximate surface area is 242 Å². The number of carbonyl (C=O) groups is 1. The molecular weight excluding hydrogens is 597 g/mol. The van der Waals surface area contributed by atoms with E-state index in [1.54, 1.807) is 20.8 Å². The van der Waals surface area contributed by atoms with Crippen LogP contribution in [-0.2, 0) is 20.9 Å². The third-order valence-corrected chi connectivity index (χ3v) is 8.25. The van der Waals surface area contributed by atoms with E-state index in [9.17, 15) is 31.2 Å². The van der Waals surface area contributed by atoms with Crippen molar-refractivity contribution >= 4 is 34.5 Å². The normalized spacial score (nSPS) is 16.2. The molecule has 0 saturated carbocycles. The number of aryl methyl sites for hydroxylation is 1. The highest BCUT2D eigenvalue weighted by Crippen LogP contribution is 2.31. The lowest BCUT2D eigenvalue weighted by atomic mass is 10.2. The molecule has 5 rings (SSSR count). The molecule has 0 unspecified atom stereocenters. The highest BCUT2D eigenvalue weighted by Gasteiger charge is 2.35. The van der Waals surface area contributed by atoms with E-state index in [1.807, 2.05) is 0 Å². The van der Waals surface area contributed by atoms with Crippen LogP contribution in [0.3, 0.4) is 0 Å². The first-order valence-electron chi connectivity index (χ1n) is 12.9. The number of rotatable bonds is 4. The number of fused-ring (bicyclic) bond motifs is 3. The lowest BCUT2D eigenvalue weighted by Gasteiger charge is -2.34. The molecule has 2 aliphatic rings. The number of aromatic nitrogens is 3. The molecule has 17 heteroatoms. The third kappa shape index (κ3) is 6.22. The van der Waals surface area contributed by atoms with Gasteiger partial charge in [0.1, 0.15) is 22.9 Å². The number of sulfonamides is 1. The van der Waals surface area contributed by atoms with Crippen LogP contribution in [0.5, 0.6) is 5.75 Å². The third-order valence-electron chi connectivity index (χ3n) is 6.35. The molecule has 0 spiro atoms. The maximum Gasteiger partial charge on any atom is 0.433 e. The van der Waals surface area contributed by atoms with Crippen LogP contribution in [0.15, 0.2) is 38.4 Å². The molecule has 1 amide bonds. The van der Waals surface area contributed by atoms with Gasteiger partial charge in [0.05, 0.1) is 16.8 Å². The summed E-state index contributed by atoms with van der Waals surface area (Å²) in [5, 5.41) is 2.55. The lowest BCUT2D eigenvalue weighted by Crippen LogP contribution is -2.49. The SMILES string of the molecule is Cc1cc(C(F)(F)F)nc(N2CCN(S(=O)(=O)c3ccc4c(c3)OC=c3/c(=C\NC(=O)OC(C)(C)C)oc(=O)n3-4)CC2)n1. The van der Waals surface area contributed by atoms with Gasteiger partial charge in [0, 0.05) is 37.9 Å². The van der Waals surface area contributed by atoms with Crippen molar-refractivity contribution in [2.45, 2.75) is 44.4 Å². The average Bonchev–Trinajstić information content (AvgIpc) is 3.25. The van der Waals surface area contributed by atoms with E-state index in [4.69, 9.17) is 13.9 Å². The Morgan fingerprint density at radius 2 is 1.79 bits per heavy atom. The lowest BCUT2D eigenvalue weighted by molar-refractivity contribution is -0.141. The van der Waals surface area contributed by atoms with Gasteiger partial charge in [0.2, 0.25) is 16.0 Å². The van der Waals surface area contributed by atoms with Gasteiger partial charge < -0.3 is 18.8 Å². The molecule has 230 valence electrons. The molecule has 1 saturated heterocycles. The predicted molar refractivity (Wildman–Crippen MR) is 145 cm³/mol. The molecule has 0 bridgehead atoms. The zero-order chi connectivity index (χ0) is 31.3. The number of oxazole rings is 1. The summed E-state index contributed by atoms with van der Waals surface area (Å²) in [6.45, 7) is 6.58. The van der Waals surface area contributed by atoms with Crippen molar-refractivity contribution in [1.82, 2.24) is 24.2 Å². The zero-order valence-electron chi connectivity index (χ0n) is 23.4. The number of halogens is 3. The number of hydrogen-bond acceptors (Lipinski definition) is 10. The van der Waals surface area contributed by atoms with E-state index in [0.717, 1.165) is 16.8 Å². The summed E-state index contributed by atoms with van der Waals surface area (Å²) >= 11 is 0. The van der Waals surface area contributed by atoms with E-state index in [-0.39, 0.29) is 64.9 Å². The molecule has 1 N–H and O–H groups in total. The molecule has 2 aliphatic heterocycles. The van der Waals surface area contributed by atoms with Crippen molar-refractivity contribution in [3.63, 3.8) is 0 Å². The fourth-order valence-corrected chi connectivity index (χ4v) is 5.88. The van der Waals surface area contributed by atoms with Crippen LogP contribution in [0, 0.1) is 6.92 Å². The number of carbonyl (C=O) groups excluding carboxylic acids is 1. The molecule has 0 radical (unpaired) electrons. The Hall–Kier alpha value is -4.38. The predicted octanol–water partition coefficient (Wildman–Crippen LogP) is 1.45. The topological polar surface area (TPSA) is 149 Å². The largest absolute Gasteiger partial charge is 0.460 e. The molecule has 2 aromatic heterocycles. The van der Waals surface area contributed by atoms with E-state index in [0.29, 0.717) is 0 Å².